The topological polar surface area (TPSA) is 54.0 Å². The number of rotatable bonds is 2. The number of nitrogens with one attached hydrogen (secondary N) is 2. The molecule has 108 valence electrons. The fourth-order valence-electron chi connectivity index (χ4n) is 1.99. The third-order valence-electron chi connectivity index (χ3n) is 3.04. The van der Waals surface area contributed by atoms with Gasteiger partial charge in [-0.3, -0.25) is 4.79 Å². The first kappa shape index (κ1) is 18.4. The minimum atomic E-state index is -0.137. The van der Waals surface area contributed by atoms with Gasteiger partial charge in [-0.25, -0.2) is 4.98 Å². The number of pyridine rings is 1. The van der Waals surface area contributed by atoms with E-state index in [0.717, 1.165) is 19.4 Å². The number of piperidine rings is 1. The summed E-state index contributed by atoms with van der Waals surface area (Å²) >= 11 is 5.73. The molecule has 0 spiro atoms. The average Bonchev–Trinajstić information content (AvgIpc) is 2.33. The molecule has 1 aromatic rings. The zero-order valence-electron chi connectivity index (χ0n) is 10.6. The number of hydrogen-bond acceptors (Lipinski definition) is 3. The second-order valence-electron chi connectivity index (χ2n) is 4.33. The summed E-state index contributed by atoms with van der Waals surface area (Å²) in [5, 5.41) is 6.88. The van der Waals surface area contributed by atoms with E-state index in [1.807, 2.05) is 0 Å². The van der Waals surface area contributed by atoms with Gasteiger partial charge < -0.3 is 10.6 Å². The first-order valence-electron chi connectivity index (χ1n) is 5.82. The SMILES string of the molecule is CC1NCCCC1NC(=O)c1ccc(Cl)cn1.Cl.Cl. The predicted molar refractivity (Wildman–Crippen MR) is 81.7 cm³/mol. The van der Waals surface area contributed by atoms with E-state index in [1.165, 1.54) is 6.20 Å². The number of hydrogen-bond donors (Lipinski definition) is 2. The Kier molecular flexibility index (Phi) is 8.34. The molecule has 1 fully saturated rings. The lowest BCUT2D eigenvalue weighted by atomic mass is 10.00. The molecule has 19 heavy (non-hydrogen) atoms. The zero-order chi connectivity index (χ0) is 12.3. The van der Waals surface area contributed by atoms with Crippen molar-refractivity contribution in [2.45, 2.75) is 31.8 Å². The molecule has 2 unspecified atom stereocenters. The molecule has 0 radical (unpaired) electrons. The number of carbonyl (C=O) groups is 1. The summed E-state index contributed by atoms with van der Waals surface area (Å²) in [5.74, 6) is -0.137. The molecule has 7 heteroatoms. The van der Waals surface area contributed by atoms with Gasteiger partial charge in [0.1, 0.15) is 5.69 Å². The van der Waals surface area contributed by atoms with Gasteiger partial charge in [-0.05, 0) is 38.4 Å². The molecule has 1 aromatic heterocycles. The first-order valence-corrected chi connectivity index (χ1v) is 6.20. The van der Waals surface area contributed by atoms with Crippen molar-refractivity contribution in [1.29, 1.82) is 0 Å². The Morgan fingerprint density at radius 3 is 2.79 bits per heavy atom. The molecule has 0 aliphatic carbocycles. The van der Waals surface area contributed by atoms with Crippen LogP contribution in [-0.2, 0) is 0 Å². The largest absolute Gasteiger partial charge is 0.346 e. The van der Waals surface area contributed by atoms with E-state index >= 15 is 0 Å². The van der Waals surface area contributed by atoms with E-state index in [0.29, 0.717) is 16.8 Å². The van der Waals surface area contributed by atoms with Gasteiger partial charge in [0, 0.05) is 18.3 Å². The van der Waals surface area contributed by atoms with Crippen molar-refractivity contribution in [1.82, 2.24) is 15.6 Å². The molecule has 2 atom stereocenters. The Hall–Kier alpha value is -0.550. The van der Waals surface area contributed by atoms with Crippen LogP contribution >= 0.6 is 36.4 Å². The minimum absolute atomic E-state index is 0. The summed E-state index contributed by atoms with van der Waals surface area (Å²) in [6, 6.07) is 3.79. The minimum Gasteiger partial charge on any atom is -0.346 e. The number of carbonyl (C=O) groups excluding carboxylic acids is 1. The lowest BCUT2D eigenvalue weighted by Gasteiger charge is -2.30. The molecule has 2 heterocycles. The van der Waals surface area contributed by atoms with Gasteiger partial charge in [-0.1, -0.05) is 11.6 Å². The van der Waals surface area contributed by atoms with Crippen molar-refractivity contribution in [3.63, 3.8) is 0 Å². The molecule has 1 aliphatic rings. The monoisotopic (exact) mass is 325 g/mol. The van der Waals surface area contributed by atoms with E-state index in [9.17, 15) is 4.79 Å². The Bertz CT molecular complexity index is 400. The van der Waals surface area contributed by atoms with Gasteiger partial charge in [0.2, 0.25) is 0 Å². The lowest BCUT2D eigenvalue weighted by molar-refractivity contribution is 0.0915. The van der Waals surface area contributed by atoms with E-state index in [4.69, 9.17) is 11.6 Å². The van der Waals surface area contributed by atoms with Gasteiger partial charge in [-0.2, -0.15) is 0 Å². The Morgan fingerprint density at radius 1 is 1.47 bits per heavy atom. The van der Waals surface area contributed by atoms with Crippen LogP contribution in [0.15, 0.2) is 18.3 Å². The summed E-state index contributed by atoms with van der Waals surface area (Å²) in [6.45, 7) is 3.10. The van der Waals surface area contributed by atoms with Gasteiger partial charge in [0.25, 0.3) is 5.91 Å². The average molecular weight is 327 g/mol. The number of nitrogens with zero attached hydrogens (tertiary/aromatic N) is 1. The van der Waals surface area contributed by atoms with Crippen LogP contribution in [-0.4, -0.2) is 29.5 Å². The highest BCUT2D eigenvalue weighted by atomic mass is 35.5. The highest BCUT2D eigenvalue weighted by molar-refractivity contribution is 6.30. The van der Waals surface area contributed by atoms with Crippen LogP contribution in [0.1, 0.15) is 30.3 Å². The molecule has 1 aliphatic heterocycles. The van der Waals surface area contributed by atoms with Gasteiger partial charge in [-0.15, -0.1) is 24.8 Å². The van der Waals surface area contributed by atoms with E-state index in [1.54, 1.807) is 12.1 Å². The summed E-state index contributed by atoms with van der Waals surface area (Å²) < 4.78 is 0. The van der Waals surface area contributed by atoms with Crippen molar-refractivity contribution in [3.05, 3.63) is 29.0 Å². The Balaban J connectivity index is 0.00000162. The standard InChI is InChI=1S/C12H16ClN3O.2ClH/c1-8-10(3-2-6-14-8)16-12(17)11-5-4-9(13)7-15-11;;/h4-5,7-8,10,14H,2-3,6H2,1H3,(H,16,17);2*1H. The Morgan fingerprint density at radius 2 is 2.21 bits per heavy atom. The van der Waals surface area contributed by atoms with Crippen molar-refractivity contribution >= 4 is 42.3 Å². The summed E-state index contributed by atoms with van der Waals surface area (Å²) in [5.41, 5.74) is 0.409. The van der Waals surface area contributed by atoms with Crippen LogP contribution < -0.4 is 10.6 Å². The first-order chi connectivity index (χ1) is 8.16. The maximum Gasteiger partial charge on any atom is 0.270 e. The van der Waals surface area contributed by atoms with E-state index in [2.05, 4.69) is 22.5 Å². The molecular weight excluding hydrogens is 309 g/mol. The van der Waals surface area contributed by atoms with E-state index < -0.39 is 0 Å². The number of aromatic nitrogens is 1. The van der Waals surface area contributed by atoms with Crippen LogP contribution in [0.2, 0.25) is 5.02 Å². The molecule has 1 saturated heterocycles. The fraction of sp³-hybridized carbons (Fsp3) is 0.500. The van der Waals surface area contributed by atoms with Crippen molar-refractivity contribution in [3.8, 4) is 0 Å². The summed E-state index contributed by atoms with van der Waals surface area (Å²) in [4.78, 5) is 15.9. The van der Waals surface area contributed by atoms with Crippen LogP contribution in [0.25, 0.3) is 0 Å². The maximum absolute atomic E-state index is 11.9. The quantitative estimate of drug-likeness (QED) is 0.878. The maximum atomic E-state index is 11.9. The smallest absolute Gasteiger partial charge is 0.270 e. The van der Waals surface area contributed by atoms with Crippen molar-refractivity contribution in [2.24, 2.45) is 0 Å². The third kappa shape index (κ3) is 5.15. The molecule has 2 rings (SSSR count). The van der Waals surface area contributed by atoms with Crippen molar-refractivity contribution in [2.75, 3.05) is 6.54 Å². The highest BCUT2D eigenvalue weighted by Gasteiger charge is 2.23. The summed E-state index contributed by atoms with van der Waals surface area (Å²) in [6.07, 6.45) is 3.58. The number of amides is 1. The number of halogens is 3. The van der Waals surface area contributed by atoms with Crippen LogP contribution in [0, 0.1) is 0 Å². The molecule has 0 bridgehead atoms. The van der Waals surface area contributed by atoms with Crippen molar-refractivity contribution < 1.29 is 4.79 Å². The molecule has 1 amide bonds. The molecule has 2 N–H and O–H groups in total. The second kappa shape index (κ2) is 8.59. The Labute approximate surface area is 130 Å². The van der Waals surface area contributed by atoms with Gasteiger partial charge in [0.05, 0.1) is 5.02 Å². The molecule has 0 aromatic carbocycles. The molecule has 4 nitrogen and oxygen atoms in total. The van der Waals surface area contributed by atoms with Gasteiger partial charge in [0.15, 0.2) is 0 Å². The lowest BCUT2D eigenvalue weighted by Crippen LogP contribution is -2.52. The van der Waals surface area contributed by atoms with Crippen LogP contribution in [0.5, 0.6) is 0 Å². The normalized spacial score (nSPS) is 21.8. The van der Waals surface area contributed by atoms with Gasteiger partial charge >= 0.3 is 0 Å². The third-order valence-corrected chi connectivity index (χ3v) is 3.26. The molecule has 0 saturated carbocycles. The predicted octanol–water partition coefficient (Wildman–Crippen LogP) is 2.45. The van der Waals surface area contributed by atoms with E-state index in [-0.39, 0.29) is 36.8 Å². The second-order valence-corrected chi connectivity index (χ2v) is 4.76. The zero-order valence-corrected chi connectivity index (χ0v) is 12.9. The summed E-state index contributed by atoms with van der Waals surface area (Å²) in [7, 11) is 0. The fourth-order valence-corrected chi connectivity index (χ4v) is 2.11. The van der Waals surface area contributed by atoms with Crippen LogP contribution in [0.4, 0.5) is 0 Å². The highest BCUT2D eigenvalue weighted by Crippen LogP contribution is 2.10. The molecular formula is C12H18Cl3N3O. The van der Waals surface area contributed by atoms with Crippen LogP contribution in [0.3, 0.4) is 0 Å².